The van der Waals surface area contributed by atoms with Crippen molar-refractivity contribution in [3.05, 3.63) is 70.5 Å². The highest BCUT2D eigenvalue weighted by Gasteiger charge is 2.29. The van der Waals surface area contributed by atoms with Crippen LogP contribution in [0, 0.1) is 19.7 Å². The Morgan fingerprint density at radius 1 is 1.06 bits per heavy atom. The highest BCUT2D eigenvalue weighted by atomic mass is 19.1. The van der Waals surface area contributed by atoms with Gasteiger partial charge in [-0.2, -0.15) is 0 Å². The number of nitrogens with zero attached hydrogens (tertiary/aromatic N) is 1. The van der Waals surface area contributed by atoms with Crippen molar-refractivity contribution >= 4 is 11.8 Å². The van der Waals surface area contributed by atoms with Crippen molar-refractivity contribution in [2.75, 3.05) is 0 Å². The van der Waals surface area contributed by atoms with E-state index < -0.39 is 6.04 Å². The Bertz CT molecular complexity index is 921. The maximum atomic E-state index is 14.4. The molecule has 0 spiro atoms. The molecule has 2 amide bonds. The number of hydrogen-bond donors (Lipinski definition) is 1. The second-order valence-electron chi connectivity index (χ2n) is 8.74. The van der Waals surface area contributed by atoms with Gasteiger partial charge in [0, 0.05) is 18.2 Å². The number of rotatable bonds is 7. The van der Waals surface area contributed by atoms with Gasteiger partial charge < -0.3 is 10.2 Å². The predicted molar refractivity (Wildman–Crippen MR) is 121 cm³/mol. The van der Waals surface area contributed by atoms with Crippen LogP contribution < -0.4 is 5.32 Å². The molecule has 5 heteroatoms. The van der Waals surface area contributed by atoms with Crippen LogP contribution in [0.25, 0.3) is 0 Å². The Hall–Kier alpha value is -2.69. The number of hydrogen-bond acceptors (Lipinski definition) is 2. The van der Waals surface area contributed by atoms with E-state index in [9.17, 15) is 14.0 Å². The lowest BCUT2D eigenvalue weighted by atomic mass is 9.95. The molecule has 0 saturated heterocycles. The highest BCUT2D eigenvalue weighted by Crippen LogP contribution is 2.20. The molecular formula is C26H33FN2O2. The van der Waals surface area contributed by atoms with Gasteiger partial charge >= 0.3 is 0 Å². The third-order valence-corrected chi connectivity index (χ3v) is 6.26. The third-order valence-electron chi connectivity index (χ3n) is 6.26. The zero-order valence-corrected chi connectivity index (χ0v) is 18.8. The van der Waals surface area contributed by atoms with Crippen LogP contribution >= 0.6 is 0 Å². The maximum absolute atomic E-state index is 14.4. The van der Waals surface area contributed by atoms with Crippen LogP contribution in [0.5, 0.6) is 0 Å². The summed E-state index contributed by atoms with van der Waals surface area (Å²) >= 11 is 0. The summed E-state index contributed by atoms with van der Waals surface area (Å²) in [7, 11) is 0. The SMILES string of the molecule is Cc1ccc(C)c(CC(=O)N(Cc2ccccc2F)[C@@H](C)C(=O)NC2CCCCC2)c1. The van der Waals surface area contributed by atoms with Crippen LogP contribution in [0.15, 0.2) is 42.5 Å². The van der Waals surface area contributed by atoms with Gasteiger partial charge in [0.25, 0.3) is 0 Å². The van der Waals surface area contributed by atoms with Crippen LogP contribution in [0.3, 0.4) is 0 Å². The maximum Gasteiger partial charge on any atom is 0.242 e. The van der Waals surface area contributed by atoms with Gasteiger partial charge in [-0.25, -0.2) is 4.39 Å². The first-order valence-corrected chi connectivity index (χ1v) is 11.2. The Morgan fingerprint density at radius 3 is 2.48 bits per heavy atom. The molecule has 0 radical (unpaired) electrons. The molecule has 1 N–H and O–H groups in total. The second-order valence-corrected chi connectivity index (χ2v) is 8.74. The lowest BCUT2D eigenvalue weighted by molar-refractivity contribution is -0.140. The standard InChI is InChI=1S/C26H33FN2O2/c1-18-13-14-19(2)22(15-18)16-25(30)29(17-21-9-7-8-12-24(21)27)20(3)26(31)28-23-10-5-4-6-11-23/h7-9,12-15,20,23H,4-6,10-11,16-17H2,1-3H3,(H,28,31)/t20-/m0/s1. The largest absolute Gasteiger partial charge is 0.352 e. The van der Waals surface area contributed by atoms with Gasteiger partial charge in [-0.05, 0) is 50.8 Å². The number of benzene rings is 2. The smallest absolute Gasteiger partial charge is 0.242 e. The number of carbonyl (C=O) groups is 2. The van der Waals surface area contributed by atoms with Crippen molar-refractivity contribution in [3.8, 4) is 0 Å². The zero-order valence-electron chi connectivity index (χ0n) is 18.8. The summed E-state index contributed by atoms with van der Waals surface area (Å²) in [4.78, 5) is 27.9. The average molecular weight is 425 g/mol. The number of halogens is 1. The van der Waals surface area contributed by atoms with Gasteiger partial charge in [-0.15, -0.1) is 0 Å². The Morgan fingerprint density at radius 2 is 1.77 bits per heavy atom. The minimum Gasteiger partial charge on any atom is -0.352 e. The molecule has 1 aliphatic carbocycles. The molecule has 0 bridgehead atoms. The third kappa shape index (κ3) is 6.16. The average Bonchev–Trinajstić information content (AvgIpc) is 2.76. The van der Waals surface area contributed by atoms with E-state index in [1.807, 2.05) is 32.0 Å². The van der Waals surface area contributed by atoms with E-state index in [0.29, 0.717) is 5.56 Å². The van der Waals surface area contributed by atoms with Crippen LogP contribution in [0.4, 0.5) is 4.39 Å². The molecule has 1 aliphatic rings. The molecule has 0 aliphatic heterocycles. The van der Waals surface area contributed by atoms with Crippen molar-refractivity contribution in [1.29, 1.82) is 0 Å². The molecule has 3 rings (SSSR count). The van der Waals surface area contributed by atoms with Crippen LogP contribution in [0.2, 0.25) is 0 Å². The summed E-state index contributed by atoms with van der Waals surface area (Å²) in [6.07, 6.45) is 5.57. The normalized spacial score (nSPS) is 15.4. The fraction of sp³-hybridized carbons (Fsp3) is 0.462. The van der Waals surface area contributed by atoms with Crippen molar-refractivity contribution in [3.63, 3.8) is 0 Å². The molecule has 4 nitrogen and oxygen atoms in total. The molecular weight excluding hydrogens is 391 g/mol. The number of nitrogens with one attached hydrogen (secondary N) is 1. The summed E-state index contributed by atoms with van der Waals surface area (Å²) in [6, 6.07) is 11.9. The predicted octanol–water partition coefficient (Wildman–Crippen LogP) is 4.85. The summed E-state index contributed by atoms with van der Waals surface area (Å²) < 4.78 is 14.4. The molecule has 1 atom stereocenters. The topological polar surface area (TPSA) is 49.4 Å². The minimum atomic E-state index is -0.681. The molecule has 1 fully saturated rings. The fourth-order valence-corrected chi connectivity index (χ4v) is 4.22. The van der Waals surface area contributed by atoms with E-state index in [1.165, 1.54) is 17.4 Å². The first-order chi connectivity index (χ1) is 14.8. The van der Waals surface area contributed by atoms with Gasteiger partial charge in [0.1, 0.15) is 11.9 Å². The van der Waals surface area contributed by atoms with E-state index in [1.54, 1.807) is 25.1 Å². The monoisotopic (exact) mass is 424 g/mol. The van der Waals surface area contributed by atoms with Gasteiger partial charge in [0.05, 0.1) is 6.42 Å². The second kappa shape index (κ2) is 10.6. The highest BCUT2D eigenvalue weighted by molar-refractivity contribution is 5.88. The molecule has 166 valence electrons. The number of carbonyl (C=O) groups excluding carboxylic acids is 2. The van der Waals surface area contributed by atoms with Crippen molar-refractivity contribution in [1.82, 2.24) is 10.2 Å². The van der Waals surface area contributed by atoms with Crippen LogP contribution in [-0.2, 0) is 22.6 Å². The lowest BCUT2D eigenvalue weighted by Gasteiger charge is -2.31. The van der Waals surface area contributed by atoms with Gasteiger partial charge in [0.2, 0.25) is 11.8 Å². The lowest BCUT2D eigenvalue weighted by Crippen LogP contribution is -2.50. The number of aryl methyl sites for hydroxylation is 2. The van der Waals surface area contributed by atoms with Crippen molar-refractivity contribution in [2.24, 2.45) is 0 Å². The molecule has 2 aromatic rings. The van der Waals surface area contributed by atoms with E-state index in [4.69, 9.17) is 0 Å². The molecule has 0 heterocycles. The van der Waals surface area contributed by atoms with Gasteiger partial charge in [-0.1, -0.05) is 61.2 Å². The van der Waals surface area contributed by atoms with Crippen LogP contribution in [0.1, 0.15) is 61.3 Å². The fourth-order valence-electron chi connectivity index (χ4n) is 4.22. The number of amides is 2. The molecule has 0 unspecified atom stereocenters. The Labute approximate surface area is 184 Å². The summed E-state index contributed by atoms with van der Waals surface area (Å²) in [6.45, 7) is 5.77. The zero-order chi connectivity index (χ0) is 22.4. The minimum absolute atomic E-state index is 0.0651. The van der Waals surface area contributed by atoms with Gasteiger partial charge in [-0.3, -0.25) is 9.59 Å². The van der Waals surface area contributed by atoms with E-state index in [2.05, 4.69) is 5.32 Å². The summed E-state index contributed by atoms with van der Waals surface area (Å²) in [5.41, 5.74) is 3.46. The molecule has 2 aromatic carbocycles. The summed E-state index contributed by atoms with van der Waals surface area (Å²) in [5.74, 6) is -0.715. The molecule has 1 saturated carbocycles. The quantitative estimate of drug-likeness (QED) is 0.691. The Kier molecular flexibility index (Phi) is 7.83. The first-order valence-electron chi connectivity index (χ1n) is 11.2. The van der Waals surface area contributed by atoms with Gasteiger partial charge in [0.15, 0.2) is 0 Å². The van der Waals surface area contributed by atoms with E-state index in [-0.39, 0.29) is 36.6 Å². The molecule has 0 aromatic heterocycles. The van der Waals surface area contributed by atoms with E-state index in [0.717, 1.165) is 42.4 Å². The van der Waals surface area contributed by atoms with E-state index >= 15 is 0 Å². The van der Waals surface area contributed by atoms with Crippen molar-refractivity contribution < 1.29 is 14.0 Å². The van der Waals surface area contributed by atoms with Crippen LogP contribution in [-0.4, -0.2) is 28.8 Å². The summed E-state index contributed by atoms with van der Waals surface area (Å²) in [5, 5.41) is 3.11. The molecule has 31 heavy (non-hydrogen) atoms. The first kappa shape index (κ1) is 23.0. The Balaban J connectivity index is 1.80. The van der Waals surface area contributed by atoms with Crippen molar-refractivity contribution in [2.45, 2.75) is 77.9 Å².